The molecule has 0 heterocycles. The standard InChI is InChI=1S/C18H18/c1-4-13-10-11-16(12-15(13)7-1)18-9-3-6-14-5-2-8-17(14)18/h3,6,9-12H,1-2,4-5,7-8H2. The van der Waals surface area contributed by atoms with Crippen LogP contribution in [-0.2, 0) is 25.7 Å². The Kier molecular flexibility index (Phi) is 2.29. The van der Waals surface area contributed by atoms with Gasteiger partial charge in [0, 0.05) is 0 Å². The first kappa shape index (κ1) is 10.4. The molecule has 0 aromatic heterocycles. The van der Waals surface area contributed by atoms with Crippen LogP contribution in [0.15, 0.2) is 36.4 Å². The highest BCUT2D eigenvalue weighted by Gasteiger charge is 2.17. The minimum Gasteiger partial charge on any atom is -0.0614 e. The number of fused-ring (bicyclic) bond motifs is 2. The summed E-state index contributed by atoms with van der Waals surface area (Å²) in [6, 6.07) is 14.0. The molecule has 0 radical (unpaired) electrons. The van der Waals surface area contributed by atoms with E-state index in [1.165, 1.54) is 49.7 Å². The summed E-state index contributed by atoms with van der Waals surface area (Å²) in [6.45, 7) is 0. The van der Waals surface area contributed by atoms with Gasteiger partial charge in [0.1, 0.15) is 0 Å². The molecule has 0 atom stereocenters. The van der Waals surface area contributed by atoms with Gasteiger partial charge >= 0.3 is 0 Å². The molecule has 0 saturated heterocycles. The molecule has 0 nitrogen and oxygen atoms in total. The van der Waals surface area contributed by atoms with Gasteiger partial charge in [0.15, 0.2) is 0 Å². The second-order valence-electron chi connectivity index (χ2n) is 5.63. The van der Waals surface area contributed by atoms with Crippen molar-refractivity contribution < 1.29 is 0 Å². The molecule has 0 bridgehead atoms. The normalized spacial score (nSPS) is 16.7. The molecule has 0 unspecified atom stereocenters. The van der Waals surface area contributed by atoms with E-state index in [0.717, 1.165) is 0 Å². The summed E-state index contributed by atoms with van der Waals surface area (Å²) in [6.07, 6.45) is 7.76. The van der Waals surface area contributed by atoms with Crippen LogP contribution in [0.2, 0.25) is 0 Å². The number of aryl methyl sites for hydroxylation is 3. The second kappa shape index (κ2) is 3.98. The van der Waals surface area contributed by atoms with Gasteiger partial charge in [-0.05, 0) is 71.9 Å². The lowest BCUT2D eigenvalue weighted by molar-refractivity contribution is 0.911. The van der Waals surface area contributed by atoms with E-state index in [-0.39, 0.29) is 0 Å². The molecule has 0 saturated carbocycles. The minimum atomic E-state index is 1.27. The Bertz CT molecular complexity index is 607. The predicted octanol–water partition coefficient (Wildman–Crippen LogP) is 4.33. The van der Waals surface area contributed by atoms with Crippen LogP contribution in [0.3, 0.4) is 0 Å². The zero-order chi connectivity index (χ0) is 11.9. The van der Waals surface area contributed by atoms with Crippen LogP contribution in [0.4, 0.5) is 0 Å². The van der Waals surface area contributed by atoms with Gasteiger partial charge in [-0.25, -0.2) is 0 Å². The summed E-state index contributed by atoms with van der Waals surface area (Å²) in [4.78, 5) is 0. The van der Waals surface area contributed by atoms with Crippen LogP contribution in [0, 0.1) is 0 Å². The molecule has 0 fully saturated rings. The highest BCUT2D eigenvalue weighted by Crippen LogP contribution is 2.34. The van der Waals surface area contributed by atoms with Gasteiger partial charge in [-0.3, -0.25) is 0 Å². The summed E-state index contributed by atoms with van der Waals surface area (Å²) in [5.41, 5.74) is 9.27. The van der Waals surface area contributed by atoms with E-state index in [1.54, 1.807) is 22.3 Å². The summed E-state index contributed by atoms with van der Waals surface area (Å²) >= 11 is 0. The van der Waals surface area contributed by atoms with E-state index < -0.39 is 0 Å². The maximum Gasteiger partial charge on any atom is -0.0149 e. The van der Waals surface area contributed by atoms with Crippen molar-refractivity contribution >= 4 is 0 Å². The Labute approximate surface area is 109 Å². The van der Waals surface area contributed by atoms with Crippen molar-refractivity contribution in [1.82, 2.24) is 0 Å². The largest absolute Gasteiger partial charge is 0.0614 e. The molecule has 4 rings (SSSR count). The maximum absolute atomic E-state index is 2.44. The average molecular weight is 234 g/mol. The summed E-state index contributed by atoms with van der Waals surface area (Å²) < 4.78 is 0. The first-order valence-corrected chi connectivity index (χ1v) is 7.15. The van der Waals surface area contributed by atoms with Crippen molar-refractivity contribution in [2.45, 2.75) is 38.5 Å². The first-order chi connectivity index (χ1) is 8.92. The molecule has 2 aliphatic rings. The quantitative estimate of drug-likeness (QED) is 0.689. The maximum atomic E-state index is 2.44. The fourth-order valence-corrected chi connectivity index (χ4v) is 3.63. The van der Waals surface area contributed by atoms with Gasteiger partial charge in [-0.2, -0.15) is 0 Å². The highest BCUT2D eigenvalue weighted by atomic mass is 14.2. The van der Waals surface area contributed by atoms with E-state index in [0.29, 0.717) is 0 Å². The van der Waals surface area contributed by atoms with Crippen LogP contribution in [0.25, 0.3) is 11.1 Å². The first-order valence-electron chi connectivity index (χ1n) is 7.15. The Morgan fingerprint density at radius 1 is 0.667 bits per heavy atom. The smallest absolute Gasteiger partial charge is 0.0149 e. The number of hydrogen-bond donors (Lipinski definition) is 0. The van der Waals surface area contributed by atoms with Crippen LogP contribution in [0.1, 0.15) is 35.1 Å². The lowest BCUT2D eigenvalue weighted by Gasteiger charge is -2.10. The van der Waals surface area contributed by atoms with E-state index in [4.69, 9.17) is 0 Å². The molecule has 2 aliphatic carbocycles. The van der Waals surface area contributed by atoms with Crippen LogP contribution in [0.5, 0.6) is 0 Å². The lowest BCUT2D eigenvalue weighted by atomic mass is 9.95. The molecule has 18 heavy (non-hydrogen) atoms. The highest BCUT2D eigenvalue weighted by molar-refractivity contribution is 5.71. The molecular formula is C18H18. The Balaban J connectivity index is 1.86. The van der Waals surface area contributed by atoms with E-state index in [2.05, 4.69) is 36.4 Å². The van der Waals surface area contributed by atoms with Gasteiger partial charge in [-0.15, -0.1) is 0 Å². The molecule has 0 spiro atoms. The van der Waals surface area contributed by atoms with Crippen molar-refractivity contribution in [3.8, 4) is 11.1 Å². The molecule has 2 aromatic rings. The van der Waals surface area contributed by atoms with Gasteiger partial charge in [0.25, 0.3) is 0 Å². The fourth-order valence-electron chi connectivity index (χ4n) is 3.63. The van der Waals surface area contributed by atoms with Crippen molar-refractivity contribution in [3.63, 3.8) is 0 Å². The van der Waals surface area contributed by atoms with Crippen molar-refractivity contribution in [3.05, 3.63) is 58.7 Å². The average Bonchev–Trinajstić information content (AvgIpc) is 3.05. The zero-order valence-electron chi connectivity index (χ0n) is 10.7. The zero-order valence-corrected chi connectivity index (χ0v) is 10.7. The third-order valence-corrected chi connectivity index (χ3v) is 4.56. The van der Waals surface area contributed by atoms with Gasteiger partial charge in [-0.1, -0.05) is 36.4 Å². The monoisotopic (exact) mass is 234 g/mol. The van der Waals surface area contributed by atoms with Gasteiger partial charge in [0.05, 0.1) is 0 Å². The SMILES string of the molecule is c1cc2c(c(-c3ccc4c(c3)CCC4)c1)CCC2. The van der Waals surface area contributed by atoms with Crippen molar-refractivity contribution in [2.24, 2.45) is 0 Å². The van der Waals surface area contributed by atoms with Crippen LogP contribution >= 0.6 is 0 Å². The summed E-state index contributed by atoms with van der Waals surface area (Å²) in [7, 11) is 0. The molecule has 0 amide bonds. The molecule has 2 aromatic carbocycles. The Morgan fingerprint density at radius 2 is 1.50 bits per heavy atom. The Morgan fingerprint density at radius 3 is 2.50 bits per heavy atom. The second-order valence-corrected chi connectivity index (χ2v) is 5.63. The van der Waals surface area contributed by atoms with Gasteiger partial charge < -0.3 is 0 Å². The lowest BCUT2D eigenvalue weighted by Crippen LogP contribution is -1.90. The number of hydrogen-bond acceptors (Lipinski definition) is 0. The molecule has 0 heteroatoms. The van der Waals surface area contributed by atoms with E-state index in [9.17, 15) is 0 Å². The number of rotatable bonds is 1. The Hall–Kier alpha value is -1.56. The van der Waals surface area contributed by atoms with Crippen LogP contribution in [-0.4, -0.2) is 0 Å². The van der Waals surface area contributed by atoms with E-state index in [1.807, 2.05) is 0 Å². The van der Waals surface area contributed by atoms with E-state index >= 15 is 0 Å². The topological polar surface area (TPSA) is 0 Å². The van der Waals surface area contributed by atoms with Crippen molar-refractivity contribution in [2.75, 3.05) is 0 Å². The fraction of sp³-hybridized carbons (Fsp3) is 0.333. The number of benzene rings is 2. The third-order valence-electron chi connectivity index (χ3n) is 4.56. The summed E-state index contributed by atoms with van der Waals surface area (Å²) in [5, 5.41) is 0. The molecule has 0 aliphatic heterocycles. The molecular weight excluding hydrogens is 216 g/mol. The predicted molar refractivity (Wildman–Crippen MR) is 75.9 cm³/mol. The summed E-state index contributed by atoms with van der Waals surface area (Å²) in [5.74, 6) is 0. The third kappa shape index (κ3) is 1.52. The van der Waals surface area contributed by atoms with Crippen molar-refractivity contribution in [1.29, 1.82) is 0 Å². The van der Waals surface area contributed by atoms with Gasteiger partial charge in [0.2, 0.25) is 0 Å². The molecule has 0 N–H and O–H groups in total. The van der Waals surface area contributed by atoms with Crippen LogP contribution < -0.4 is 0 Å². The molecule has 90 valence electrons. The minimum absolute atomic E-state index is 1.27.